The maximum atomic E-state index is 6.14. The Morgan fingerprint density at radius 1 is 1.17 bits per heavy atom. The van der Waals surface area contributed by atoms with Crippen LogP contribution in [0.2, 0.25) is 5.02 Å². The van der Waals surface area contributed by atoms with Crippen LogP contribution in [0, 0.1) is 6.92 Å². The molecule has 4 heteroatoms. The highest BCUT2D eigenvalue weighted by atomic mass is 35.5. The van der Waals surface area contributed by atoms with Crippen molar-refractivity contribution in [3.63, 3.8) is 0 Å². The number of nitrogen functional groups attached to an aromatic ring is 1. The van der Waals surface area contributed by atoms with Crippen LogP contribution in [0.15, 0.2) is 40.9 Å². The third-order valence-electron chi connectivity index (χ3n) is 2.94. The third kappa shape index (κ3) is 1.73. The number of benzene rings is 2. The molecule has 2 N–H and O–H groups in total. The fourth-order valence-electron chi connectivity index (χ4n) is 1.91. The summed E-state index contributed by atoms with van der Waals surface area (Å²) in [6, 6.07) is 11.3. The van der Waals surface area contributed by atoms with Gasteiger partial charge in [0, 0.05) is 16.3 Å². The fraction of sp³-hybridized carbons (Fsp3) is 0.0714. The van der Waals surface area contributed by atoms with E-state index in [4.69, 9.17) is 21.9 Å². The summed E-state index contributed by atoms with van der Waals surface area (Å²) in [7, 11) is 0. The molecule has 0 unspecified atom stereocenters. The maximum Gasteiger partial charge on any atom is 0.167 e. The Hall–Kier alpha value is -2.00. The van der Waals surface area contributed by atoms with Crippen LogP contribution in [0.25, 0.3) is 22.2 Å². The molecule has 3 aromatic rings. The van der Waals surface area contributed by atoms with Crippen molar-refractivity contribution in [1.82, 2.24) is 5.16 Å². The van der Waals surface area contributed by atoms with E-state index in [0.29, 0.717) is 5.02 Å². The maximum absolute atomic E-state index is 6.14. The van der Waals surface area contributed by atoms with Gasteiger partial charge >= 0.3 is 0 Å². The smallest absolute Gasteiger partial charge is 0.167 e. The molecule has 18 heavy (non-hydrogen) atoms. The van der Waals surface area contributed by atoms with Crippen LogP contribution in [0.5, 0.6) is 0 Å². The Balaban J connectivity index is 2.23. The first kappa shape index (κ1) is 11.1. The van der Waals surface area contributed by atoms with Gasteiger partial charge in [-0.05, 0) is 36.8 Å². The molecule has 0 aliphatic heterocycles. The van der Waals surface area contributed by atoms with Crippen LogP contribution in [-0.2, 0) is 0 Å². The quantitative estimate of drug-likeness (QED) is 0.670. The molecule has 0 atom stereocenters. The molecule has 0 amide bonds. The minimum atomic E-state index is 0.711. The minimum Gasteiger partial charge on any atom is -0.399 e. The first-order valence-corrected chi connectivity index (χ1v) is 5.94. The van der Waals surface area contributed by atoms with Crippen molar-refractivity contribution >= 4 is 28.3 Å². The summed E-state index contributed by atoms with van der Waals surface area (Å²) in [6.07, 6.45) is 0. The Morgan fingerprint density at radius 2 is 1.89 bits per heavy atom. The van der Waals surface area contributed by atoms with Crippen molar-refractivity contribution in [2.24, 2.45) is 0 Å². The molecule has 0 spiro atoms. The van der Waals surface area contributed by atoms with Crippen LogP contribution in [0.1, 0.15) is 5.56 Å². The normalized spacial score (nSPS) is 11.0. The molecule has 0 radical (unpaired) electrons. The highest BCUT2D eigenvalue weighted by Gasteiger charge is 2.12. The Labute approximate surface area is 109 Å². The molecule has 1 aromatic heterocycles. The zero-order chi connectivity index (χ0) is 12.7. The number of halogens is 1. The van der Waals surface area contributed by atoms with Gasteiger partial charge in [0.2, 0.25) is 0 Å². The number of hydrogen-bond acceptors (Lipinski definition) is 3. The van der Waals surface area contributed by atoms with Gasteiger partial charge in [-0.15, -0.1) is 0 Å². The molecule has 0 fully saturated rings. The van der Waals surface area contributed by atoms with Gasteiger partial charge in [-0.25, -0.2) is 0 Å². The lowest BCUT2D eigenvalue weighted by molar-refractivity contribution is 0.459. The van der Waals surface area contributed by atoms with Crippen molar-refractivity contribution in [3.8, 4) is 11.3 Å². The molecule has 0 bridgehead atoms. The van der Waals surface area contributed by atoms with Crippen LogP contribution >= 0.6 is 11.6 Å². The number of nitrogens with zero attached hydrogens (tertiary/aromatic N) is 1. The van der Waals surface area contributed by atoms with Crippen molar-refractivity contribution in [3.05, 3.63) is 47.0 Å². The molecule has 1 heterocycles. The summed E-state index contributed by atoms with van der Waals surface area (Å²) < 4.78 is 5.33. The predicted octanol–water partition coefficient (Wildman–Crippen LogP) is 4.04. The van der Waals surface area contributed by atoms with Crippen LogP contribution in [-0.4, -0.2) is 5.16 Å². The molecular weight excluding hydrogens is 248 g/mol. The van der Waals surface area contributed by atoms with Crippen molar-refractivity contribution in [1.29, 1.82) is 0 Å². The second-order valence-corrected chi connectivity index (χ2v) is 4.66. The van der Waals surface area contributed by atoms with E-state index >= 15 is 0 Å². The highest BCUT2D eigenvalue weighted by Crippen LogP contribution is 2.31. The number of nitrogens with two attached hydrogens (primary N) is 1. The summed E-state index contributed by atoms with van der Waals surface area (Å²) in [6.45, 7) is 1.94. The van der Waals surface area contributed by atoms with Crippen molar-refractivity contribution in [2.45, 2.75) is 6.92 Å². The van der Waals surface area contributed by atoms with Crippen LogP contribution < -0.4 is 5.73 Å². The van der Waals surface area contributed by atoms with E-state index in [0.717, 1.165) is 33.5 Å². The standard InChI is InChI=1S/C14H11ClN2O/c1-8-6-13-11(7-12(8)15)14(17-18-13)9-2-4-10(16)5-3-9/h2-7H,16H2,1H3. The van der Waals surface area contributed by atoms with Crippen LogP contribution in [0.4, 0.5) is 5.69 Å². The number of aryl methyl sites for hydroxylation is 1. The minimum absolute atomic E-state index is 0.711. The number of aromatic nitrogens is 1. The lowest BCUT2D eigenvalue weighted by Gasteiger charge is -1.99. The summed E-state index contributed by atoms with van der Waals surface area (Å²) in [4.78, 5) is 0. The molecular formula is C14H11ClN2O. The van der Waals surface area contributed by atoms with Gasteiger partial charge in [0.1, 0.15) is 5.69 Å². The van der Waals surface area contributed by atoms with E-state index in [1.165, 1.54) is 0 Å². The second kappa shape index (κ2) is 4.03. The largest absolute Gasteiger partial charge is 0.399 e. The highest BCUT2D eigenvalue weighted by molar-refractivity contribution is 6.32. The number of fused-ring (bicyclic) bond motifs is 1. The summed E-state index contributed by atoms with van der Waals surface area (Å²) in [5, 5.41) is 5.73. The van der Waals surface area contributed by atoms with E-state index in [1.54, 1.807) is 0 Å². The van der Waals surface area contributed by atoms with E-state index < -0.39 is 0 Å². The predicted molar refractivity (Wildman–Crippen MR) is 73.6 cm³/mol. The average molecular weight is 259 g/mol. The topological polar surface area (TPSA) is 52.0 Å². The SMILES string of the molecule is Cc1cc2onc(-c3ccc(N)cc3)c2cc1Cl. The third-order valence-corrected chi connectivity index (χ3v) is 3.34. The fourth-order valence-corrected chi connectivity index (χ4v) is 2.07. The summed E-state index contributed by atoms with van der Waals surface area (Å²) in [5.41, 5.74) is 9.86. The first-order chi connectivity index (χ1) is 8.65. The monoisotopic (exact) mass is 258 g/mol. The Morgan fingerprint density at radius 3 is 2.61 bits per heavy atom. The van der Waals surface area contributed by atoms with E-state index in [-0.39, 0.29) is 0 Å². The first-order valence-electron chi connectivity index (χ1n) is 5.56. The molecule has 90 valence electrons. The zero-order valence-electron chi connectivity index (χ0n) is 9.77. The summed E-state index contributed by atoms with van der Waals surface area (Å²) in [5.74, 6) is 0. The van der Waals surface area contributed by atoms with Crippen molar-refractivity contribution < 1.29 is 4.52 Å². The molecule has 0 saturated carbocycles. The Kier molecular flexibility index (Phi) is 2.49. The summed E-state index contributed by atoms with van der Waals surface area (Å²) >= 11 is 6.14. The molecule has 0 saturated heterocycles. The number of anilines is 1. The van der Waals surface area contributed by atoms with E-state index in [2.05, 4.69) is 5.16 Å². The van der Waals surface area contributed by atoms with Gasteiger partial charge in [-0.1, -0.05) is 28.9 Å². The van der Waals surface area contributed by atoms with Gasteiger partial charge in [-0.2, -0.15) is 0 Å². The molecule has 3 rings (SSSR count). The second-order valence-electron chi connectivity index (χ2n) is 4.25. The zero-order valence-corrected chi connectivity index (χ0v) is 10.5. The van der Waals surface area contributed by atoms with Crippen LogP contribution in [0.3, 0.4) is 0 Å². The van der Waals surface area contributed by atoms with Gasteiger partial charge in [0.25, 0.3) is 0 Å². The molecule has 0 aliphatic carbocycles. The number of rotatable bonds is 1. The lowest BCUT2D eigenvalue weighted by Crippen LogP contribution is -1.84. The lowest BCUT2D eigenvalue weighted by atomic mass is 10.1. The molecule has 3 nitrogen and oxygen atoms in total. The van der Waals surface area contributed by atoms with Gasteiger partial charge in [-0.3, -0.25) is 0 Å². The average Bonchev–Trinajstić information content (AvgIpc) is 2.74. The Bertz CT molecular complexity index is 716. The molecule has 2 aromatic carbocycles. The molecule has 0 aliphatic rings. The van der Waals surface area contributed by atoms with E-state index in [1.807, 2.05) is 43.3 Å². The van der Waals surface area contributed by atoms with Crippen molar-refractivity contribution in [2.75, 3.05) is 5.73 Å². The van der Waals surface area contributed by atoms with Gasteiger partial charge in [0.05, 0.1) is 5.39 Å². The van der Waals surface area contributed by atoms with Gasteiger partial charge in [0.15, 0.2) is 5.58 Å². The van der Waals surface area contributed by atoms with Gasteiger partial charge < -0.3 is 10.3 Å². The number of hydrogen-bond donors (Lipinski definition) is 1. The van der Waals surface area contributed by atoms with E-state index in [9.17, 15) is 0 Å².